The van der Waals surface area contributed by atoms with Crippen molar-refractivity contribution < 1.29 is 14.6 Å². The topological polar surface area (TPSA) is 89.3 Å². The monoisotopic (exact) mass is 432 g/mol. The third-order valence-electron chi connectivity index (χ3n) is 4.49. The maximum Gasteiger partial charge on any atom is 0.234 e. The van der Waals surface area contributed by atoms with Gasteiger partial charge < -0.3 is 15.2 Å². The number of thioether (sulfide) groups is 1. The minimum atomic E-state index is -0.178. The number of hydrogen-bond acceptors (Lipinski definition) is 6. The van der Waals surface area contributed by atoms with Gasteiger partial charge in [-0.2, -0.15) is 0 Å². The summed E-state index contributed by atoms with van der Waals surface area (Å²) in [7, 11) is 1.56. The van der Waals surface area contributed by atoms with Gasteiger partial charge in [0, 0.05) is 11.3 Å². The second-order valence-corrected chi connectivity index (χ2v) is 7.50. The SMILES string of the molecule is COc1ccccc1NC(=O)CSc1nnc(-c2ccc(O)cc2)n1-c1ccccc1. The molecular formula is C23H20N4O3S. The zero-order valence-electron chi connectivity index (χ0n) is 16.7. The average Bonchev–Trinajstić information content (AvgIpc) is 3.23. The zero-order valence-corrected chi connectivity index (χ0v) is 17.5. The van der Waals surface area contributed by atoms with Crippen LogP contribution in [-0.2, 0) is 4.79 Å². The van der Waals surface area contributed by atoms with Crippen molar-refractivity contribution in [1.82, 2.24) is 14.8 Å². The van der Waals surface area contributed by atoms with Crippen LogP contribution in [0.3, 0.4) is 0 Å². The molecule has 1 heterocycles. The summed E-state index contributed by atoms with van der Waals surface area (Å²) in [4.78, 5) is 12.5. The van der Waals surface area contributed by atoms with Crippen molar-refractivity contribution >= 4 is 23.4 Å². The quantitative estimate of drug-likeness (QED) is 0.421. The van der Waals surface area contributed by atoms with Crippen LogP contribution in [0.25, 0.3) is 17.1 Å². The third kappa shape index (κ3) is 4.70. The molecule has 0 unspecified atom stereocenters. The van der Waals surface area contributed by atoms with Gasteiger partial charge in [0.1, 0.15) is 11.5 Å². The molecule has 0 fully saturated rings. The Morgan fingerprint density at radius 1 is 1.00 bits per heavy atom. The average molecular weight is 433 g/mol. The smallest absolute Gasteiger partial charge is 0.234 e. The molecule has 1 aromatic heterocycles. The Kier molecular flexibility index (Phi) is 6.18. The van der Waals surface area contributed by atoms with Crippen LogP contribution in [0.5, 0.6) is 11.5 Å². The molecule has 0 atom stereocenters. The summed E-state index contributed by atoms with van der Waals surface area (Å²) in [5.74, 6) is 1.38. The zero-order chi connectivity index (χ0) is 21.6. The van der Waals surface area contributed by atoms with Gasteiger partial charge in [0.2, 0.25) is 5.91 Å². The van der Waals surface area contributed by atoms with E-state index in [0.29, 0.717) is 22.4 Å². The van der Waals surface area contributed by atoms with Gasteiger partial charge >= 0.3 is 0 Å². The number of carbonyl (C=O) groups is 1. The number of para-hydroxylation sites is 3. The molecule has 1 amide bonds. The summed E-state index contributed by atoms with van der Waals surface area (Å²) in [5, 5.41) is 21.7. The molecule has 0 saturated carbocycles. The van der Waals surface area contributed by atoms with Crippen LogP contribution in [0.4, 0.5) is 5.69 Å². The highest BCUT2D eigenvalue weighted by atomic mass is 32.2. The number of nitrogens with zero attached hydrogens (tertiary/aromatic N) is 3. The number of benzene rings is 3. The first-order valence-electron chi connectivity index (χ1n) is 9.51. The molecule has 156 valence electrons. The number of aromatic hydroxyl groups is 1. The van der Waals surface area contributed by atoms with E-state index >= 15 is 0 Å². The molecule has 0 bridgehead atoms. The molecule has 0 spiro atoms. The lowest BCUT2D eigenvalue weighted by molar-refractivity contribution is -0.113. The lowest BCUT2D eigenvalue weighted by atomic mass is 10.2. The number of methoxy groups -OCH3 is 1. The highest BCUT2D eigenvalue weighted by molar-refractivity contribution is 7.99. The molecule has 0 aliphatic carbocycles. The number of aromatic nitrogens is 3. The van der Waals surface area contributed by atoms with E-state index in [9.17, 15) is 9.90 Å². The first kappa shape index (κ1) is 20.5. The minimum Gasteiger partial charge on any atom is -0.508 e. The van der Waals surface area contributed by atoms with Crippen LogP contribution in [0.2, 0.25) is 0 Å². The van der Waals surface area contributed by atoms with Gasteiger partial charge in [-0.1, -0.05) is 42.1 Å². The van der Waals surface area contributed by atoms with E-state index in [4.69, 9.17) is 4.74 Å². The molecule has 2 N–H and O–H groups in total. The number of rotatable bonds is 7. The van der Waals surface area contributed by atoms with Crippen molar-refractivity contribution in [2.75, 3.05) is 18.2 Å². The fourth-order valence-electron chi connectivity index (χ4n) is 3.04. The Morgan fingerprint density at radius 2 is 1.71 bits per heavy atom. The van der Waals surface area contributed by atoms with E-state index in [0.717, 1.165) is 11.3 Å². The molecule has 4 aromatic rings. The van der Waals surface area contributed by atoms with Crippen LogP contribution in [-0.4, -0.2) is 38.6 Å². The summed E-state index contributed by atoms with van der Waals surface area (Å²) in [6.07, 6.45) is 0. The maximum atomic E-state index is 12.5. The number of phenolic OH excluding ortho intramolecular Hbond substituents is 1. The van der Waals surface area contributed by atoms with Gasteiger partial charge in [-0.25, -0.2) is 0 Å². The first-order chi connectivity index (χ1) is 15.2. The summed E-state index contributed by atoms with van der Waals surface area (Å²) in [6, 6.07) is 23.7. The summed E-state index contributed by atoms with van der Waals surface area (Å²) in [6.45, 7) is 0. The van der Waals surface area contributed by atoms with Gasteiger partial charge in [0.05, 0.1) is 18.6 Å². The first-order valence-corrected chi connectivity index (χ1v) is 10.5. The molecule has 8 heteroatoms. The van der Waals surface area contributed by atoms with E-state index in [2.05, 4.69) is 15.5 Å². The predicted octanol–water partition coefficient (Wildman–Crippen LogP) is 4.38. The van der Waals surface area contributed by atoms with Gasteiger partial charge in [-0.15, -0.1) is 10.2 Å². The largest absolute Gasteiger partial charge is 0.508 e. The van der Waals surface area contributed by atoms with Crippen molar-refractivity contribution in [2.24, 2.45) is 0 Å². The van der Waals surface area contributed by atoms with Gasteiger partial charge in [0.25, 0.3) is 0 Å². The summed E-state index contributed by atoms with van der Waals surface area (Å²) >= 11 is 1.29. The van der Waals surface area contributed by atoms with Crippen LogP contribution in [0.15, 0.2) is 84.0 Å². The Balaban J connectivity index is 1.58. The Hall–Kier alpha value is -3.78. The lowest BCUT2D eigenvalue weighted by Crippen LogP contribution is -2.15. The molecule has 7 nitrogen and oxygen atoms in total. The van der Waals surface area contributed by atoms with E-state index < -0.39 is 0 Å². The lowest BCUT2D eigenvalue weighted by Gasteiger charge is -2.11. The number of phenols is 1. The normalized spacial score (nSPS) is 10.6. The van der Waals surface area contributed by atoms with Crippen LogP contribution in [0, 0.1) is 0 Å². The molecule has 0 aliphatic rings. The Bertz CT molecular complexity index is 1180. The number of nitrogens with one attached hydrogen (secondary N) is 1. The van der Waals surface area contributed by atoms with Gasteiger partial charge in [-0.05, 0) is 48.5 Å². The van der Waals surface area contributed by atoms with Crippen molar-refractivity contribution in [2.45, 2.75) is 5.16 Å². The fraction of sp³-hybridized carbons (Fsp3) is 0.0870. The number of anilines is 1. The second-order valence-electron chi connectivity index (χ2n) is 6.56. The number of amides is 1. The number of hydrogen-bond donors (Lipinski definition) is 2. The van der Waals surface area contributed by atoms with Crippen LogP contribution < -0.4 is 10.1 Å². The molecule has 0 aliphatic heterocycles. The highest BCUT2D eigenvalue weighted by Gasteiger charge is 2.17. The standard InChI is InChI=1S/C23H20N4O3S/c1-30-20-10-6-5-9-19(20)24-21(29)15-31-23-26-25-22(16-11-13-18(28)14-12-16)27(23)17-7-3-2-4-8-17/h2-14,28H,15H2,1H3,(H,24,29). The summed E-state index contributed by atoms with van der Waals surface area (Å²) < 4.78 is 7.18. The van der Waals surface area contributed by atoms with E-state index in [1.54, 1.807) is 43.5 Å². The summed E-state index contributed by atoms with van der Waals surface area (Å²) in [5.41, 5.74) is 2.30. The highest BCUT2D eigenvalue weighted by Crippen LogP contribution is 2.29. The third-order valence-corrected chi connectivity index (χ3v) is 5.42. The molecule has 0 radical (unpaired) electrons. The minimum absolute atomic E-state index is 0.151. The number of ether oxygens (including phenoxy) is 1. The van der Waals surface area contributed by atoms with Gasteiger partial charge in [0.15, 0.2) is 11.0 Å². The molecule has 31 heavy (non-hydrogen) atoms. The molecule has 3 aromatic carbocycles. The Morgan fingerprint density at radius 3 is 2.45 bits per heavy atom. The molecule has 4 rings (SSSR count). The number of carbonyl (C=O) groups excluding carboxylic acids is 1. The molecular weight excluding hydrogens is 412 g/mol. The van der Waals surface area contributed by atoms with E-state index in [1.165, 1.54) is 11.8 Å². The maximum absolute atomic E-state index is 12.5. The van der Waals surface area contributed by atoms with Crippen molar-refractivity contribution in [3.63, 3.8) is 0 Å². The van der Waals surface area contributed by atoms with Crippen molar-refractivity contribution in [3.8, 4) is 28.6 Å². The predicted molar refractivity (Wildman–Crippen MR) is 121 cm³/mol. The molecule has 0 saturated heterocycles. The van der Waals surface area contributed by atoms with Crippen LogP contribution in [0.1, 0.15) is 0 Å². The van der Waals surface area contributed by atoms with Crippen LogP contribution >= 0.6 is 11.8 Å². The van der Waals surface area contributed by atoms with Crippen molar-refractivity contribution in [3.05, 3.63) is 78.9 Å². The van der Waals surface area contributed by atoms with Gasteiger partial charge in [-0.3, -0.25) is 9.36 Å². The second kappa shape index (κ2) is 9.36. The van der Waals surface area contributed by atoms with Crippen molar-refractivity contribution in [1.29, 1.82) is 0 Å². The Labute approximate surface area is 183 Å². The fourth-order valence-corrected chi connectivity index (χ4v) is 3.79. The van der Waals surface area contributed by atoms with E-state index in [1.807, 2.05) is 47.0 Å². The van der Waals surface area contributed by atoms with E-state index in [-0.39, 0.29) is 17.4 Å².